The Balaban J connectivity index is 1.61. The van der Waals surface area contributed by atoms with Crippen LogP contribution < -0.4 is 5.32 Å². The maximum atomic E-state index is 9.92. The maximum Gasteiger partial charge on any atom is 0.0831 e. The molecule has 0 radical (unpaired) electrons. The first kappa shape index (κ1) is 11.0. The van der Waals surface area contributed by atoms with Crippen molar-refractivity contribution in [2.75, 3.05) is 39.3 Å². The Bertz CT molecular complexity index is 248. The van der Waals surface area contributed by atoms with E-state index in [4.69, 9.17) is 0 Å². The van der Waals surface area contributed by atoms with E-state index in [0.717, 1.165) is 25.7 Å². The van der Waals surface area contributed by atoms with Gasteiger partial charge in [-0.2, -0.15) is 0 Å². The molecule has 4 nitrogen and oxygen atoms in total. The van der Waals surface area contributed by atoms with E-state index in [1.807, 2.05) is 0 Å². The SMILES string of the molecule is OC1CNCC1N1CCN2CCCCC2C1. The van der Waals surface area contributed by atoms with Crippen molar-refractivity contribution >= 4 is 0 Å². The molecule has 3 aliphatic heterocycles. The van der Waals surface area contributed by atoms with Crippen LogP contribution in [0.15, 0.2) is 0 Å². The zero-order valence-corrected chi connectivity index (χ0v) is 9.94. The number of rotatable bonds is 1. The first-order valence-corrected chi connectivity index (χ1v) is 6.71. The third-order valence-electron chi connectivity index (χ3n) is 4.49. The normalized spacial score (nSPS) is 42.2. The number of aliphatic hydroxyl groups excluding tert-OH is 1. The lowest BCUT2D eigenvalue weighted by Crippen LogP contribution is -2.59. The molecule has 0 amide bonds. The minimum absolute atomic E-state index is 0.157. The molecule has 0 bridgehead atoms. The molecule has 2 N–H and O–H groups in total. The summed E-state index contributed by atoms with van der Waals surface area (Å²) in [5.74, 6) is 0. The van der Waals surface area contributed by atoms with Crippen molar-refractivity contribution in [1.29, 1.82) is 0 Å². The van der Waals surface area contributed by atoms with Gasteiger partial charge in [-0.15, -0.1) is 0 Å². The van der Waals surface area contributed by atoms with E-state index >= 15 is 0 Å². The van der Waals surface area contributed by atoms with Crippen molar-refractivity contribution in [3.05, 3.63) is 0 Å². The molecule has 16 heavy (non-hydrogen) atoms. The number of hydrogen-bond acceptors (Lipinski definition) is 4. The number of nitrogens with zero attached hydrogens (tertiary/aromatic N) is 2. The minimum Gasteiger partial charge on any atom is -0.390 e. The van der Waals surface area contributed by atoms with Crippen molar-refractivity contribution in [2.45, 2.75) is 37.5 Å². The average Bonchev–Trinajstić information content (AvgIpc) is 2.75. The zero-order chi connectivity index (χ0) is 11.0. The van der Waals surface area contributed by atoms with Gasteiger partial charge in [0.15, 0.2) is 0 Å². The van der Waals surface area contributed by atoms with Crippen molar-refractivity contribution in [2.24, 2.45) is 0 Å². The van der Waals surface area contributed by atoms with Crippen molar-refractivity contribution in [3.63, 3.8) is 0 Å². The van der Waals surface area contributed by atoms with Crippen LogP contribution in [-0.2, 0) is 0 Å². The summed E-state index contributed by atoms with van der Waals surface area (Å²) < 4.78 is 0. The Morgan fingerprint density at radius 3 is 2.69 bits per heavy atom. The number of piperidine rings is 1. The van der Waals surface area contributed by atoms with E-state index in [9.17, 15) is 5.11 Å². The lowest BCUT2D eigenvalue weighted by Gasteiger charge is -2.46. The second-order valence-corrected chi connectivity index (χ2v) is 5.47. The third kappa shape index (κ3) is 1.99. The van der Waals surface area contributed by atoms with Gasteiger partial charge in [0.2, 0.25) is 0 Å². The largest absolute Gasteiger partial charge is 0.390 e. The minimum atomic E-state index is -0.157. The van der Waals surface area contributed by atoms with E-state index in [1.165, 1.54) is 38.9 Å². The van der Waals surface area contributed by atoms with Crippen LogP contribution in [-0.4, -0.2) is 72.4 Å². The van der Waals surface area contributed by atoms with Gasteiger partial charge in [-0.3, -0.25) is 9.80 Å². The molecular weight excluding hydrogens is 202 g/mol. The molecule has 0 aromatic heterocycles. The van der Waals surface area contributed by atoms with Gasteiger partial charge in [0.05, 0.1) is 6.10 Å². The van der Waals surface area contributed by atoms with Crippen molar-refractivity contribution < 1.29 is 5.11 Å². The fourth-order valence-electron chi connectivity index (χ4n) is 3.50. The smallest absolute Gasteiger partial charge is 0.0831 e. The Kier molecular flexibility index (Phi) is 3.16. The Labute approximate surface area is 97.6 Å². The average molecular weight is 225 g/mol. The number of nitrogens with one attached hydrogen (secondary N) is 1. The van der Waals surface area contributed by atoms with Crippen LogP contribution >= 0.6 is 0 Å². The topological polar surface area (TPSA) is 38.7 Å². The summed E-state index contributed by atoms with van der Waals surface area (Å²) in [6, 6.07) is 1.12. The van der Waals surface area contributed by atoms with Gasteiger partial charge in [0, 0.05) is 44.8 Å². The van der Waals surface area contributed by atoms with Gasteiger partial charge < -0.3 is 10.4 Å². The van der Waals surface area contributed by atoms with Crippen LogP contribution in [0, 0.1) is 0 Å². The summed E-state index contributed by atoms with van der Waals surface area (Å²) in [6.45, 7) is 6.55. The molecular formula is C12H23N3O. The van der Waals surface area contributed by atoms with Crippen LogP contribution in [0.2, 0.25) is 0 Å². The molecule has 0 aliphatic carbocycles. The van der Waals surface area contributed by atoms with Crippen LogP contribution in [0.25, 0.3) is 0 Å². The van der Waals surface area contributed by atoms with Gasteiger partial charge in [-0.25, -0.2) is 0 Å². The summed E-state index contributed by atoms with van der Waals surface area (Å²) in [6.07, 6.45) is 3.97. The number of piperazine rings is 1. The summed E-state index contributed by atoms with van der Waals surface area (Å²) in [5.41, 5.74) is 0. The van der Waals surface area contributed by atoms with Gasteiger partial charge >= 0.3 is 0 Å². The summed E-state index contributed by atoms with van der Waals surface area (Å²) in [5, 5.41) is 13.2. The van der Waals surface area contributed by atoms with E-state index in [1.54, 1.807) is 0 Å². The molecule has 0 aromatic carbocycles. The lowest BCUT2D eigenvalue weighted by atomic mass is 9.98. The molecule has 0 saturated carbocycles. The number of hydrogen-bond donors (Lipinski definition) is 2. The first-order valence-electron chi connectivity index (χ1n) is 6.71. The predicted molar refractivity (Wildman–Crippen MR) is 63.4 cm³/mol. The monoisotopic (exact) mass is 225 g/mol. The van der Waals surface area contributed by atoms with E-state index in [0.29, 0.717) is 6.04 Å². The van der Waals surface area contributed by atoms with Crippen LogP contribution in [0.3, 0.4) is 0 Å². The summed E-state index contributed by atoms with van der Waals surface area (Å²) >= 11 is 0. The van der Waals surface area contributed by atoms with Crippen molar-refractivity contribution in [3.8, 4) is 0 Å². The highest BCUT2D eigenvalue weighted by atomic mass is 16.3. The fourth-order valence-corrected chi connectivity index (χ4v) is 3.50. The molecule has 3 saturated heterocycles. The third-order valence-corrected chi connectivity index (χ3v) is 4.49. The number of fused-ring (bicyclic) bond motifs is 1. The Morgan fingerprint density at radius 2 is 1.88 bits per heavy atom. The summed E-state index contributed by atoms with van der Waals surface area (Å²) in [4.78, 5) is 5.16. The van der Waals surface area contributed by atoms with Gasteiger partial charge in [0.25, 0.3) is 0 Å². The molecule has 3 heterocycles. The van der Waals surface area contributed by atoms with Gasteiger partial charge in [-0.1, -0.05) is 6.42 Å². The van der Waals surface area contributed by atoms with Crippen LogP contribution in [0.4, 0.5) is 0 Å². The number of β-amino-alcohol motifs (C(OH)–C–C–N with tert-alkyl or cyclic N) is 1. The van der Waals surface area contributed by atoms with Crippen molar-refractivity contribution in [1.82, 2.24) is 15.1 Å². The zero-order valence-electron chi connectivity index (χ0n) is 9.94. The summed E-state index contributed by atoms with van der Waals surface area (Å²) in [7, 11) is 0. The number of aliphatic hydroxyl groups is 1. The highest BCUT2D eigenvalue weighted by molar-refractivity contribution is 4.94. The molecule has 3 fully saturated rings. The molecule has 4 heteroatoms. The molecule has 3 aliphatic rings. The first-order chi connectivity index (χ1) is 7.84. The lowest BCUT2D eigenvalue weighted by molar-refractivity contribution is 0.00223. The van der Waals surface area contributed by atoms with Crippen LogP contribution in [0.1, 0.15) is 19.3 Å². The van der Waals surface area contributed by atoms with Gasteiger partial charge in [0.1, 0.15) is 0 Å². The second-order valence-electron chi connectivity index (χ2n) is 5.47. The highest BCUT2D eigenvalue weighted by Gasteiger charge is 2.36. The maximum absolute atomic E-state index is 9.92. The molecule has 0 spiro atoms. The molecule has 3 rings (SSSR count). The molecule has 3 atom stereocenters. The van der Waals surface area contributed by atoms with E-state index in [2.05, 4.69) is 15.1 Å². The van der Waals surface area contributed by atoms with Crippen LogP contribution in [0.5, 0.6) is 0 Å². The second kappa shape index (κ2) is 4.61. The molecule has 3 unspecified atom stereocenters. The Hall–Kier alpha value is -0.160. The Morgan fingerprint density at radius 1 is 1.00 bits per heavy atom. The fraction of sp³-hybridized carbons (Fsp3) is 1.00. The predicted octanol–water partition coefficient (Wildman–Crippen LogP) is -0.511. The van der Waals surface area contributed by atoms with E-state index < -0.39 is 0 Å². The molecule has 92 valence electrons. The quantitative estimate of drug-likeness (QED) is 0.630. The van der Waals surface area contributed by atoms with Gasteiger partial charge in [-0.05, 0) is 19.4 Å². The highest BCUT2D eigenvalue weighted by Crippen LogP contribution is 2.23. The molecule has 0 aromatic rings. The van der Waals surface area contributed by atoms with E-state index in [-0.39, 0.29) is 6.10 Å². The standard InChI is InChI=1S/C12H23N3O/c16-12-8-13-7-11(12)15-6-5-14-4-2-1-3-10(14)9-15/h10-13,16H,1-9H2.